The Hall–Kier alpha value is -2.83. The van der Waals surface area contributed by atoms with Crippen LogP contribution in [0.15, 0.2) is 35.4 Å². The minimum Gasteiger partial charge on any atom is -0.550 e. The van der Waals surface area contributed by atoms with Crippen molar-refractivity contribution in [1.29, 1.82) is 0 Å². The molecule has 3 amide bonds. The van der Waals surface area contributed by atoms with Gasteiger partial charge in [0.25, 0.3) is 0 Å². The first kappa shape index (κ1) is 21.9. The molecule has 30 heavy (non-hydrogen) atoms. The molecule has 0 radical (unpaired) electrons. The van der Waals surface area contributed by atoms with Gasteiger partial charge in [-0.05, 0) is 63.8 Å². The summed E-state index contributed by atoms with van der Waals surface area (Å²) in [6.07, 6.45) is 6.30. The van der Waals surface area contributed by atoms with Gasteiger partial charge < -0.3 is 25.9 Å². The molecule has 0 spiro atoms. The topological polar surface area (TPSA) is 110 Å². The van der Waals surface area contributed by atoms with Crippen molar-refractivity contribution in [2.45, 2.75) is 64.8 Å². The molecule has 2 atom stereocenters. The van der Waals surface area contributed by atoms with Crippen LogP contribution in [0.25, 0.3) is 0 Å². The van der Waals surface area contributed by atoms with Gasteiger partial charge in [-0.1, -0.05) is 30.4 Å². The molecule has 1 saturated carbocycles. The Morgan fingerprint density at radius 3 is 1.93 bits per heavy atom. The minimum absolute atomic E-state index is 0.227. The summed E-state index contributed by atoms with van der Waals surface area (Å²) in [6.45, 7) is 3.83. The second-order valence-corrected chi connectivity index (χ2v) is 8.50. The number of benzene rings is 1. The summed E-state index contributed by atoms with van der Waals surface area (Å²) >= 11 is 0. The highest BCUT2D eigenvalue weighted by molar-refractivity contribution is 5.96. The van der Waals surface area contributed by atoms with Gasteiger partial charge in [-0.25, -0.2) is 4.79 Å². The smallest absolute Gasteiger partial charge is 0.319 e. The molecular weight excluding hydrogens is 382 g/mol. The summed E-state index contributed by atoms with van der Waals surface area (Å²) in [5.41, 5.74) is 3.24. The van der Waals surface area contributed by atoms with E-state index in [1.54, 1.807) is 24.3 Å². The van der Waals surface area contributed by atoms with Crippen LogP contribution in [0.2, 0.25) is 0 Å². The first-order valence-corrected chi connectivity index (χ1v) is 10.7. The third-order valence-corrected chi connectivity index (χ3v) is 6.26. The van der Waals surface area contributed by atoms with Crippen LogP contribution in [0.1, 0.15) is 58.8 Å². The molecule has 3 rings (SSSR count). The van der Waals surface area contributed by atoms with Crippen molar-refractivity contribution in [2.24, 2.45) is 11.8 Å². The molecule has 1 aromatic rings. The van der Waals surface area contributed by atoms with E-state index in [4.69, 9.17) is 0 Å². The Balaban J connectivity index is 1.56. The van der Waals surface area contributed by atoms with E-state index in [9.17, 15) is 19.5 Å². The number of carboxylic acid groups (broad SMARTS) is 1. The van der Waals surface area contributed by atoms with E-state index in [1.165, 1.54) is 6.42 Å². The van der Waals surface area contributed by atoms with E-state index in [0.717, 1.165) is 36.8 Å². The predicted octanol–water partition coefficient (Wildman–Crippen LogP) is 3.19. The first-order valence-electron chi connectivity index (χ1n) is 10.7. The van der Waals surface area contributed by atoms with Crippen molar-refractivity contribution < 1.29 is 19.5 Å². The fourth-order valence-electron chi connectivity index (χ4n) is 4.29. The Morgan fingerprint density at radius 2 is 1.37 bits per heavy atom. The number of carbonyl (C=O) groups excluding carboxylic acids is 3. The number of allylic oxidation sites excluding steroid dienone is 2. The lowest BCUT2D eigenvalue weighted by molar-refractivity contribution is -0.313. The summed E-state index contributed by atoms with van der Waals surface area (Å²) in [5, 5.41) is 20.1. The van der Waals surface area contributed by atoms with Crippen molar-refractivity contribution >= 4 is 29.3 Å². The van der Waals surface area contributed by atoms with E-state index >= 15 is 0 Å². The number of carboxylic acids is 1. The Morgan fingerprint density at radius 1 is 0.833 bits per heavy atom. The van der Waals surface area contributed by atoms with Gasteiger partial charge in [0.15, 0.2) is 0 Å². The molecule has 0 unspecified atom stereocenters. The van der Waals surface area contributed by atoms with E-state index in [0.29, 0.717) is 24.2 Å². The van der Waals surface area contributed by atoms with Gasteiger partial charge in [-0.3, -0.25) is 4.79 Å². The number of urea groups is 1. The van der Waals surface area contributed by atoms with Crippen LogP contribution in [0.5, 0.6) is 0 Å². The van der Waals surface area contributed by atoms with Crippen molar-refractivity contribution in [3.8, 4) is 0 Å². The van der Waals surface area contributed by atoms with E-state index < -0.39 is 17.8 Å². The molecule has 0 aliphatic heterocycles. The molecule has 0 aromatic heterocycles. The average molecular weight is 413 g/mol. The van der Waals surface area contributed by atoms with Crippen LogP contribution < -0.4 is 21.1 Å². The van der Waals surface area contributed by atoms with E-state index in [-0.39, 0.29) is 18.0 Å². The van der Waals surface area contributed by atoms with Gasteiger partial charge in [0.05, 0.1) is 5.92 Å². The Labute approximate surface area is 177 Å². The molecule has 7 heteroatoms. The van der Waals surface area contributed by atoms with Crippen LogP contribution in [0, 0.1) is 11.8 Å². The van der Waals surface area contributed by atoms with Crippen LogP contribution in [0.3, 0.4) is 0 Å². The third-order valence-electron chi connectivity index (χ3n) is 6.26. The van der Waals surface area contributed by atoms with Gasteiger partial charge in [-0.15, -0.1) is 0 Å². The molecule has 162 valence electrons. The zero-order chi connectivity index (χ0) is 21.7. The molecule has 0 heterocycles. The minimum atomic E-state index is -1.19. The molecule has 1 aromatic carbocycles. The number of amides is 3. The zero-order valence-electron chi connectivity index (χ0n) is 17.6. The van der Waals surface area contributed by atoms with Gasteiger partial charge in [0, 0.05) is 29.3 Å². The fourth-order valence-corrected chi connectivity index (χ4v) is 4.29. The number of carbonyl (C=O) groups is 3. The SMILES string of the molecule is CC1=C(C)C[C@@H](C(=O)Nc2ccc(NC(=O)NC3CCCCC3)cc2)[C@@H](C(=O)[O-])C1. The van der Waals surface area contributed by atoms with Crippen molar-refractivity contribution in [1.82, 2.24) is 5.32 Å². The zero-order valence-corrected chi connectivity index (χ0v) is 17.6. The van der Waals surface area contributed by atoms with Crippen LogP contribution in [-0.4, -0.2) is 23.9 Å². The molecular formula is C23H30N3O4-. The highest BCUT2D eigenvalue weighted by atomic mass is 16.4. The Kier molecular flexibility index (Phi) is 7.13. The lowest BCUT2D eigenvalue weighted by atomic mass is 9.76. The van der Waals surface area contributed by atoms with Crippen molar-refractivity contribution in [2.75, 3.05) is 10.6 Å². The molecule has 2 aliphatic rings. The van der Waals surface area contributed by atoms with Crippen molar-refractivity contribution in [3.63, 3.8) is 0 Å². The lowest BCUT2D eigenvalue weighted by Crippen LogP contribution is -2.42. The van der Waals surface area contributed by atoms with Crippen LogP contribution in [-0.2, 0) is 9.59 Å². The van der Waals surface area contributed by atoms with Gasteiger partial charge in [0.2, 0.25) is 5.91 Å². The predicted molar refractivity (Wildman–Crippen MR) is 114 cm³/mol. The number of anilines is 2. The molecule has 0 bridgehead atoms. The standard InChI is InChI=1S/C23H31N3O4/c1-14-12-19(20(22(28)29)13-15(14)2)21(27)24-17-8-10-18(11-9-17)26-23(30)25-16-6-4-3-5-7-16/h8-11,16,19-20H,3-7,12-13H2,1-2H3,(H,24,27)(H,28,29)(H2,25,26,30)/p-1/t19-,20+/m1/s1. The van der Waals surface area contributed by atoms with Gasteiger partial charge in [0.1, 0.15) is 0 Å². The second kappa shape index (κ2) is 9.78. The monoisotopic (exact) mass is 412 g/mol. The third kappa shape index (κ3) is 5.62. The van der Waals surface area contributed by atoms with Gasteiger partial charge >= 0.3 is 6.03 Å². The molecule has 0 saturated heterocycles. The molecule has 3 N–H and O–H groups in total. The summed E-state index contributed by atoms with van der Waals surface area (Å²) in [4.78, 5) is 36.4. The lowest BCUT2D eigenvalue weighted by Gasteiger charge is -2.32. The number of hydrogen-bond donors (Lipinski definition) is 3. The number of hydrogen-bond acceptors (Lipinski definition) is 4. The number of rotatable bonds is 5. The van der Waals surface area contributed by atoms with Crippen LogP contribution in [0.4, 0.5) is 16.2 Å². The number of nitrogens with one attached hydrogen (secondary N) is 3. The molecule has 2 aliphatic carbocycles. The highest BCUT2D eigenvalue weighted by Crippen LogP contribution is 2.34. The summed E-state index contributed by atoms with van der Waals surface area (Å²) in [5.74, 6) is -2.99. The summed E-state index contributed by atoms with van der Waals surface area (Å²) < 4.78 is 0. The number of aliphatic carboxylic acids is 1. The van der Waals surface area contributed by atoms with Crippen molar-refractivity contribution in [3.05, 3.63) is 35.4 Å². The quantitative estimate of drug-likeness (QED) is 0.645. The largest absolute Gasteiger partial charge is 0.550 e. The maximum absolute atomic E-state index is 12.7. The van der Waals surface area contributed by atoms with E-state index in [2.05, 4.69) is 16.0 Å². The Bertz CT molecular complexity index is 825. The molecule has 1 fully saturated rings. The highest BCUT2D eigenvalue weighted by Gasteiger charge is 2.33. The average Bonchev–Trinajstić information content (AvgIpc) is 2.71. The van der Waals surface area contributed by atoms with Gasteiger partial charge in [-0.2, -0.15) is 0 Å². The fraction of sp³-hybridized carbons (Fsp3) is 0.522. The summed E-state index contributed by atoms with van der Waals surface area (Å²) in [6, 6.07) is 6.81. The maximum atomic E-state index is 12.7. The van der Waals surface area contributed by atoms with E-state index in [1.807, 2.05) is 13.8 Å². The molecule has 7 nitrogen and oxygen atoms in total. The maximum Gasteiger partial charge on any atom is 0.319 e. The summed E-state index contributed by atoms with van der Waals surface area (Å²) in [7, 11) is 0. The normalized spacial score (nSPS) is 22.3. The van der Waals surface area contributed by atoms with Crippen LogP contribution >= 0.6 is 0 Å². The second-order valence-electron chi connectivity index (χ2n) is 8.50. The first-order chi connectivity index (χ1) is 14.3.